The van der Waals surface area contributed by atoms with E-state index in [2.05, 4.69) is 22.3 Å². The molecule has 0 saturated carbocycles. The summed E-state index contributed by atoms with van der Waals surface area (Å²) in [6, 6.07) is 17.3. The topological polar surface area (TPSA) is 122 Å². The summed E-state index contributed by atoms with van der Waals surface area (Å²) in [6.45, 7) is 8.29. The lowest BCUT2D eigenvalue weighted by atomic mass is 9.86. The van der Waals surface area contributed by atoms with Crippen molar-refractivity contribution < 1.29 is 28.9 Å². The van der Waals surface area contributed by atoms with Gasteiger partial charge in [-0.25, -0.2) is 0 Å². The molecule has 4 aromatic rings. The molecule has 0 fully saturated rings. The van der Waals surface area contributed by atoms with Crippen LogP contribution >= 0.6 is 46.4 Å². The van der Waals surface area contributed by atoms with E-state index in [-0.39, 0.29) is 45.5 Å². The molecule has 10 nitrogen and oxygen atoms in total. The average molecular weight is 941 g/mol. The van der Waals surface area contributed by atoms with Crippen LogP contribution in [0.2, 0.25) is 20.1 Å². The SMILES string of the molecule is CCCCCCCCCCCCC(Oc1ccc(O)c(C(C)(C)C)c1)C(=O)Cc1ccc(Cl)c(CC2=NN(c3c(Cl)cc(Cl)cc3Cl)C(=O)C2N=Nc2ccc(OC)c(OC)c2)c1. The van der Waals surface area contributed by atoms with E-state index in [0.717, 1.165) is 29.8 Å². The second-order valence-electron chi connectivity index (χ2n) is 16.9. The van der Waals surface area contributed by atoms with Crippen LogP contribution in [-0.4, -0.2) is 48.9 Å². The number of hydrogen-bond acceptors (Lipinski definition) is 9. The number of carbonyl (C=O) groups is 2. The van der Waals surface area contributed by atoms with Crippen LogP contribution in [0.15, 0.2) is 82.1 Å². The number of phenols is 1. The third kappa shape index (κ3) is 13.8. The number of aromatic hydroxyl groups is 1. The molecule has 0 saturated heterocycles. The minimum atomic E-state index is -1.18. The number of methoxy groups -OCH3 is 2. The minimum Gasteiger partial charge on any atom is -0.508 e. The van der Waals surface area contributed by atoms with Gasteiger partial charge in [0.25, 0.3) is 5.91 Å². The maximum atomic E-state index is 14.2. The van der Waals surface area contributed by atoms with Crippen molar-refractivity contribution in [1.82, 2.24) is 0 Å². The number of ether oxygens (including phenoxy) is 3. The zero-order valence-corrected chi connectivity index (χ0v) is 40.0. The number of ketones is 1. The van der Waals surface area contributed by atoms with E-state index in [4.69, 9.17) is 60.6 Å². The van der Waals surface area contributed by atoms with Crippen LogP contribution in [0.4, 0.5) is 11.4 Å². The van der Waals surface area contributed by atoms with Crippen molar-refractivity contribution in [3.8, 4) is 23.0 Å². The number of azo groups is 1. The maximum Gasteiger partial charge on any atom is 0.280 e. The van der Waals surface area contributed by atoms with Gasteiger partial charge in [-0.15, -0.1) is 0 Å². The summed E-state index contributed by atoms with van der Waals surface area (Å²) < 4.78 is 17.2. The van der Waals surface area contributed by atoms with Crippen molar-refractivity contribution in [3.63, 3.8) is 0 Å². The summed E-state index contributed by atoms with van der Waals surface area (Å²) in [4.78, 5) is 28.3. The van der Waals surface area contributed by atoms with E-state index in [1.807, 2.05) is 39.0 Å². The largest absolute Gasteiger partial charge is 0.508 e. The molecule has 63 heavy (non-hydrogen) atoms. The van der Waals surface area contributed by atoms with Gasteiger partial charge in [0.15, 0.2) is 29.4 Å². The predicted molar refractivity (Wildman–Crippen MR) is 256 cm³/mol. The Balaban J connectivity index is 1.38. The number of phenolic OH excluding ortho intramolecular Hbond substituents is 1. The highest BCUT2D eigenvalue weighted by molar-refractivity contribution is 6.43. The zero-order valence-electron chi connectivity index (χ0n) is 37.0. The molecule has 4 aromatic carbocycles. The molecule has 5 rings (SSSR count). The second-order valence-corrected chi connectivity index (χ2v) is 18.5. The lowest BCUT2D eigenvalue weighted by Crippen LogP contribution is -2.31. The summed E-state index contributed by atoms with van der Waals surface area (Å²) in [5.74, 6) is 1.03. The molecule has 1 aliphatic heterocycles. The second kappa shape index (κ2) is 23.5. The Hall–Kier alpha value is -4.35. The fourth-order valence-electron chi connectivity index (χ4n) is 7.49. The third-order valence-corrected chi connectivity index (χ3v) is 12.1. The number of benzene rings is 4. The van der Waals surface area contributed by atoms with Crippen molar-refractivity contribution >= 4 is 75.2 Å². The number of Topliss-reactive ketones (excluding diaryl/α,β-unsaturated/α-hetero) is 1. The van der Waals surface area contributed by atoms with Gasteiger partial charge in [-0.3, -0.25) is 9.59 Å². The lowest BCUT2D eigenvalue weighted by molar-refractivity contribution is -0.125. The zero-order chi connectivity index (χ0) is 45.7. The molecule has 0 aromatic heterocycles. The highest BCUT2D eigenvalue weighted by Crippen LogP contribution is 2.40. The first-order valence-corrected chi connectivity index (χ1v) is 23.1. The first-order valence-electron chi connectivity index (χ1n) is 21.6. The number of halogens is 4. The van der Waals surface area contributed by atoms with Crippen LogP contribution < -0.4 is 19.2 Å². The number of nitrogens with zero attached hydrogens (tertiary/aromatic N) is 4. The maximum absolute atomic E-state index is 14.2. The number of anilines is 1. The Bertz CT molecular complexity index is 2250. The molecule has 0 bridgehead atoms. The molecule has 1 heterocycles. The van der Waals surface area contributed by atoms with Gasteiger partial charge in [0.1, 0.15) is 17.2 Å². The molecule has 2 unspecified atom stereocenters. The molecule has 14 heteroatoms. The summed E-state index contributed by atoms with van der Waals surface area (Å²) in [5, 5.41) is 26.2. The van der Waals surface area contributed by atoms with Gasteiger partial charge in [-0.2, -0.15) is 20.3 Å². The molecule has 1 aliphatic rings. The van der Waals surface area contributed by atoms with Gasteiger partial charge in [-0.05, 0) is 77.9 Å². The molecule has 1 N–H and O–H groups in total. The van der Waals surface area contributed by atoms with E-state index in [0.29, 0.717) is 56.2 Å². The van der Waals surface area contributed by atoms with Gasteiger partial charge < -0.3 is 19.3 Å². The molecule has 0 radical (unpaired) electrons. The van der Waals surface area contributed by atoms with Crippen molar-refractivity contribution in [2.24, 2.45) is 15.3 Å². The first kappa shape index (κ1) is 49.7. The number of unbranched alkanes of at least 4 members (excludes halogenated alkanes) is 9. The summed E-state index contributed by atoms with van der Waals surface area (Å²) in [6.07, 6.45) is 11.8. The highest BCUT2D eigenvalue weighted by atomic mass is 35.5. The van der Waals surface area contributed by atoms with Crippen molar-refractivity contribution in [1.29, 1.82) is 0 Å². The minimum absolute atomic E-state index is 0.0762. The van der Waals surface area contributed by atoms with Crippen molar-refractivity contribution in [2.75, 3.05) is 19.2 Å². The summed E-state index contributed by atoms with van der Waals surface area (Å²) in [7, 11) is 3.04. The highest BCUT2D eigenvalue weighted by Gasteiger charge is 2.39. The molecular weight excluding hydrogens is 882 g/mol. The Morgan fingerprint density at radius 1 is 0.810 bits per heavy atom. The Kier molecular flexibility index (Phi) is 18.6. The lowest BCUT2D eigenvalue weighted by Gasteiger charge is -2.23. The quantitative estimate of drug-likeness (QED) is 0.0584. The van der Waals surface area contributed by atoms with Crippen molar-refractivity contribution in [2.45, 2.75) is 129 Å². The third-order valence-electron chi connectivity index (χ3n) is 10.9. The van der Waals surface area contributed by atoms with Crippen LogP contribution in [0.1, 0.15) is 115 Å². The number of carbonyl (C=O) groups excluding carboxylic acids is 2. The molecule has 338 valence electrons. The van der Waals surface area contributed by atoms with Crippen LogP contribution in [-0.2, 0) is 27.8 Å². The Labute approximate surface area is 391 Å². The first-order chi connectivity index (χ1) is 30.1. The van der Waals surface area contributed by atoms with Crippen LogP contribution in [0, 0.1) is 0 Å². The van der Waals surface area contributed by atoms with E-state index >= 15 is 0 Å². The molecular formula is C49H58Cl4N4O6. The average Bonchev–Trinajstić information content (AvgIpc) is 3.53. The predicted octanol–water partition coefficient (Wildman–Crippen LogP) is 14.3. The monoisotopic (exact) mass is 938 g/mol. The summed E-state index contributed by atoms with van der Waals surface area (Å²) in [5.41, 5.74) is 2.62. The van der Waals surface area contributed by atoms with E-state index in [1.54, 1.807) is 36.4 Å². The van der Waals surface area contributed by atoms with E-state index in [1.165, 1.54) is 71.3 Å². The fraction of sp³-hybridized carbons (Fsp3) is 0.449. The van der Waals surface area contributed by atoms with Gasteiger partial charge in [0.2, 0.25) is 0 Å². The smallest absolute Gasteiger partial charge is 0.280 e. The van der Waals surface area contributed by atoms with Crippen LogP contribution in [0.25, 0.3) is 0 Å². The van der Waals surface area contributed by atoms with Gasteiger partial charge in [-0.1, -0.05) is 144 Å². The van der Waals surface area contributed by atoms with E-state index < -0.39 is 18.1 Å². The number of rotatable bonds is 23. The van der Waals surface area contributed by atoms with Gasteiger partial charge >= 0.3 is 0 Å². The number of amides is 1. The molecule has 2 atom stereocenters. The van der Waals surface area contributed by atoms with E-state index in [9.17, 15) is 14.7 Å². The molecule has 0 spiro atoms. The van der Waals surface area contributed by atoms with Crippen molar-refractivity contribution in [3.05, 3.63) is 104 Å². The Morgan fingerprint density at radius 3 is 2.10 bits per heavy atom. The normalized spacial score (nSPS) is 14.6. The fourth-order valence-corrected chi connectivity index (χ4v) is 8.65. The summed E-state index contributed by atoms with van der Waals surface area (Å²) >= 11 is 26.2. The standard InChI is InChI=1S/C49H58Cl4N4O6/c1-7-8-9-10-11-12-13-14-15-16-17-43(63-35-20-22-41(58)36(30-35)49(2,3)4)42(59)25-31-18-21-37(51)32(24-31)26-40-46(55-54-34-19-23-44(61-5)45(29-34)62-6)48(60)57(56-40)47-38(52)27-33(50)28-39(47)53/h18-24,27-30,43,46,58H,7-17,25-26H2,1-6H3. The number of hydrazone groups is 1. The number of hydrogen-bond donors (Lipinski definition) is 1. The molecule has 1 amide bonds. The Morgan fingerprint density at radius 2 is 1.46 bits per heavy atom. The molecule has 0 aliphatic carbocycles. The van der Waals surface area contributed by atoms with Gasteiger partial charge in [0, 0.05) is 34.5 Å². The van der Waals surface area contributed by atoms with Crippen LogP contribution in [0.5, 0.6) is 23.0 Å². The van der Waals surface area contributed by atoms with Gasteiger partial charge in [0.05, 0.1) is 35.7 Å². The van der Waals surface area contributed by atoms with Crippen LogP contribution in [0.3, 0.4) is 0 Å².